The lowest BCUT2D eigenvalue weighted by molar-refractivity contribution is 0.237. The average molecular weight is 248 g/mol. The number of hydrogen-bond donors (Lipinski definition) is 1. The van der Waals surface area contributed by atoms with Crippen LogP contribution in [0.5, 0.6) is 5.75 Å². The van der Waals surface area contributed by atoms with E-state index in [2.05, 4.69) is 22.3 Å². The molecule has 1 aromatic rings. The molecule has 3 heteroatoms. The number of hydrogen-bond acceptors (Lipinski definition) is 3. The summed E-state index contributed by atoms with van der Waals surface area (Å²) >= 11 is 0. The third-order valence-electron chi connectivity index (χ3n) is 3.57. The molecular weight excluding hydrogens is 224 g/mol. The average Bonchev–Trinajstić information content (AvgIpc) is 2.45. The first-order valence-electron chi connectivity index (χ1n) is 6.95. The third kappa shape index (κ3) is 4.00. The summed E-state index contributed by atoms with van der Waals surface area (Å²) in [6.45, 7) is 5.93. The number of benzene rings is 1. The second kappa shape index (κ2) is 7.39. The van der Waals surface area contributed by atoms with Crippen LogP contribution in [0.2, 0.25) is 0 Å². The maximum Gasteiger partial charge on any atom is 0.122 e. The van der Waals surface area contributed by atoms with Gasteiger partial charge in [0.05, 0.1) is 7.11 Å². The van der Waals surface area contributed by atoms with E-state index in [-0.39, 0.29) is 0 Å². The van der Waals surface area contributed by atoms with E-state index in [1.807, 2.05) is 12.1 Å². The van der Waals surface area contributed by atoms with Crippen molar-refractivity contribution in [3.05, 3.63) is 29.8 Å². The molecule has 1 fully saturated rings. The van der Waals surface area contributed by atoms with Gasteiger partial charge in [0.2, 0.25) is 0 Å². The van der Waals surface area contributed by atoms with Crippen LogP contribution in [-0.2, 0) is 6.42 Å². The molecule has 100 valence electrons. The molecule has 0 radical (unpaired) electrons. The predicted octanol–water partition coefficient (Wildman–Crippen LogP) is 1.92. The zero-order valence-electron chi connectivity index (χ0n) is 11.3. The zero-order chi connectivity index (χ0) is 12.6. The molecule has 0 aromatic heterocycles. The molecule has 1 aliphatic rings. The molecule has 18 heavy (non-hydrogen) atoms. The molecule has 2 rings (SSSR count). The van der Waals surface area contributed by atoms with Gasteiger partial charge in [-0.3, -0.25) is 0 Å². The van der Waals surface area contributed by atoms with E-state index >= 15 is 0 Å². The molecule has 1 saturated heterocycles. The van der Waals surface area contributed by atoms with Crippen molar-refractivity contribution >= 4 is 0 Å². The zero-order valence-corrected chi connectivity index (χ0v) is 11.3. The third-order valence-corrected chi connectivity index (χ3v) is 3.57. The summed E-state index contributed by atoms with van der Waals surface area (Å²) in [6, 6.07) is 8.34. The SMILES string of the molecule is COc1ccccc1CCCCN1CCNCC1. The Hall–Kier alpha value is -1.06. The maximum absolute atomic E-state index is 5.37. The second-order valence-corrected chi connectivity index (χ2v) is 4.86. The van der Waals surface area contributed by atoms with Crippen LogP contribution in [0.15, 0.2) is 24.3 Å². The van der Waals surface area contributed by atoms with Crippen molar-refractivity contribution in [2.75, 3.05) is 39.8 Å². The Bertz CT molecular complexity index is 348. The molecule has 0 unspecified atom stereocenters. The van der Waals surface area contributed by atoms with Gasteiger partial charge in [-0.2, -0.15) is 0 Å². The fraction of sp³-hybridized carbons (Fsp3) is 0.600. The number of piperazine rings is 1. The molecule has 0 saturated carbocycles. The van der Waals surface area contributed by atoms with Crippen molar-refractivity contribution in [1.29, 1.82) is 0 Å². The van der Waals surface area contributed by atoms with Gasteiger partial charge in [-0.1, -0.05) is 18.2 Å². The number of rotatable bonds is 6. The van der Waals surface area contributed by atoms with Gasteiger partial charge in [-0.15, -0.1) is 0 Å². The first kappa shape index (κ1) is 13.4. The van der Waals surface area contributed by atoms with Gasteiger partial charge >= 0.3 is 0 Å². The summed E-state index contributed by atoms with van der Waals surface area (Å²) < 4.78 is 5.37. The van der Waals surface area contributed by atoms with E-state index in [1.165, 1.54) is 38.0 Å². The Balaban J connectivity index is 1.68. The Labute approximate surface area is 110 Å². The van der Waals surface area contributed by atoms with Gasteiger partial charge < -0.3 is 15.0 Å². The van der Waals surface area contributed by atoms with Crippen LogP contribution in [0, 0.1) is 0 Å². The monoisotopic (exact) mass is 248 g/mol. The Kier molecular flexibility index (Phi) is 5.49. The quantitative estimate of drug-likeness (QED) is 0.779. The van der Waals surface area contributed by atoms with Gasteiger partial charge in [0.25, 0.3) is 0 Å². The number of para-hydroxylation sites is 1. The minimum Gasteiger partial charge on any atom is -0.496 e. The van der Waals surface area contributed by atoms with Gasteiger partial charge in [0.15, 0.2) is 0 Å². The van der Waals surface area contributed by atoms with Gasteiger partial charge in [-0.05, 0) is 37.4 Å². The summed E-state index contributed by atoms with van der Waals surface area (Å²) in [5.41, 5.74) is 1.33. The van der Waals surface area contributed by atoms with E-state index in [0.29, 0.717) is 0 Å². The standard InChI is InChI=1S/C15H24N2O/c1-18-15-8-3-2-6-14(15)7-4-5-11-17-12-9-16-10-13-17/h2-3,6,8,16H,4-5,7,9-13H2,1H3. The van der Waals surface area contributed by atoms with Crippen LogP contribution in [0.4, 0.5) is 0 Å². The van der Waals surface area contributed by atoms with E-state index in [0.717, 1.165) is 25.3 Å². The number of nitrogens with zero attached hydrogens (tertiary/aromatic N) is 1. The molecule has 0 spiro atoms. The lowest BCUT2D eigenvalue weighted by Crippen LogP contribution is -2.43. The molecule has 0 aliphatic carbocycles. The number of aryl methyl sites for hydroxylation is 1. The summed E-state index contributed by atoms with van der Waals surface area (Å²) in [5.74, 6) is 1.03. The summed E-state index contributed by atoms with van der Waals surface area (Å²) in [6.07, 6.45) is 3.64. The molecule has 1 aromatic carbocycles. The maximum atomic E-state index is 5.37. The molecule has 1 N–H and O–H groups in total. The lowest BCUT2D eigenvalue weighted by Gasteiger charge is -2.27. The molecule has 0 amide bonds. The fourth-order valence-electron chi connectivity index (χ4n) is 2.50. The van der Waals surface area contributed by atoms with Crippen molar-refractivity contribution in [1.82, 2.24) is 10.2 Å². The van der Waals surface area contributed by atoms with Gasteiger partial charge in [-0.25, -0.2) is 0 Å². The van der Waals surface area contributed by atoms with Gasteiger partial charge in [0.1, 0.15) is 5.75 Å². The minimum atomic E-state index is 1.03. The predicted molar refractivity (Wildman–Crippen MR) is 75.2 cm³/mol. The van der Waals surface area contributed by atoms with Crippen LogP contribution in [0.3, 0.4) is 0 Å². The molecule has 3 nitrogen and oxygen atoms in total. The molecule has 1 aliphatic heterocycles. The van der Waals surface area contributed by atoms with Crippen molar-refractivity contribution in [3.63, 3.8) is 0 Å². The smallest absolute Gasteiger partial charge is 0.122 e. The van der Waals surface area contributed by atoms with Gasteiger partial charge in [0, 0.05) is 26.2 Å². The highest BCUT2D eigenvalue weighted by atomic mass is 16.5. The Morgan fingerprint density at radius 2 is 1.94 bits per heavy atom. The topological polar surface area (TPSA) is 24.5 Å². The summed E-state index contributed by atoms with van der Waals surface area (Å²) in [7, 11) is 1.75. The van der Waals surface area contributed by atoms with Crippen LogP contribution >= 0.6 is 0 Å². The highest BCUT2D eigenvalue weighted by Crippen LogP contribution is 2.19. The lowest BCUT2D eigenvalue weighted by atomic mass is 10.1. The number of methoxy groups -OCH3 is 1. The molecular formula is C15H24N2O. The van der Waals surface area contributed by atoms with Crippen LogP contribution < -0.4 is 10.1 Å². The van der Waals surface area contributed by atoms with E-state index in [9.17, 15) is 0 Å². The largest absolute Gasteiger partial charge is 0.496 e. The Morgan fingerprint density at radius 1 is 1.17 bits per heavy atom. The summed E-state index contributed by atoms with van der Waals surface area (Å²) in [5, 5.41) is 3.39. The van der Waals surface area contributed by atoms with Crippen molar-refractivity contribution in [2.45, 2.75) is 19.3 Å². The van der Waals surface area contributed by atoms with Crippen molar-refractivity contribution in [2.24, 2.45) is 0 Å². The molecule has 1 heterocycles. The van der Waals surface area contributed by atoms with Crippen LogP contribution in [0.1, 0.15) is 18.4 Å². The van der Waals surface area contributed by atoms with E-state index < -0.39 is 0 Å². The second-order valence-electron chi connectivity index (χ2n) is 4.86. The van der Waals surface area contributed by atoms with E-state index in [4.69, 9.17) is 4.74 Å². The van der Waals surface area contributed by atoms with Crippen molar-refractivity contribution < 1.29 is 4.74 Å². The van der Waals surface area contributed by atoms with Crippen molar-refractivity contribution in [3.8, 4) is 5.75 Å². The highest BCUT2D eigenvalue weighted by Gasteiger charge is 2.08. The fourth-order valence-corrected chi connectivity index (χ4v) is 2.50. The summed E-state index contributed by atoms with van der Waals surface area (Å²) in [4.78, 5) is 2.55. The van der Waals surface area contributed by atoms with Crippen LogP contribution in [0.25, 0.3) is 0 Å². The Morgan fingerprint density at radius 3 is 2.72 bits per heavy atom. The normalized spacial score (nSPS) is 16.7. The molecule has 0 bridgehead atoms. The van der Waals surface area contributed by atoms with Crippen LogP contribution in [-0.4, -0.2) is 44.7 Å². The number of nitrogens with one attached hydrogen (secondary N) is 1. The number of unbranched alkanes of at least 4 members (excludes halogenated alkanes) is 1. The first-order valence-corrected chi connectivity index (χ1v) is 6.95. The number of ether oxygens (including phenoxy) is 1. The molecule has 0 atom stereocenters. The minimum absolute atomic E-state index is 1.03. The highest BCUT2D eigenvalue weighted by molar-refractivity contribution is 5.33. The first-order chi connectivity index (χ1) is 8.90. The van der Waals surface area contributed by atoms with E-state index in [1.54, 1.807) is 7.11 Å².